The van der Waals surface area contributed by atoms with Gasteiger partial charge in [-0.05, 0) is 79.3 Å². The summed E-state index contributed by atoms with van der Waals surface area (Å²) < 4.78 is 33.6. The Morgan fingerprint density at radius 2 is 0.948 bits per heavy atom. The lowest BCUT2D eigenvalue weighted by Gasteiger charge is -2.26. The van der Waals surface area contributed by atoms with E-state index in [-0.39, 0.29) is 12.9 Å². The number of nitrogens with two attached hydrogens (primary N) is 1. The topological polar surface area (TPSA) is 150 Å². The molecule has 0 saturated carbocycles. The van der Waals surface area contributed by atoms with Crippen LogP contribution >= 0.6 is 69.6 Å². The van der Waals surface area contributed by atoms with E-state index >= 15 is 0 Å². The normalized spacial score (nSPS) is 15.4. The summed E-state index contributed by atoms with van der Waals surface area (Å²) in [5, 5.41) is 5.18. The number of fused-ring (bicyclic) bond motifs is 3. The highest BCUT2D eigenvalue weighted by Crippen LogP contribution is 2.37. The van der Waals surface area contributed by atoms with Crippen LogP contribution in [-0.4, -0.2) is 154 Å². The maximum atomic E-state index is 12.3. The fraction of sp³-hybridized carbons (Fsp3) is 0.526. The first-order valence-electron chi connectivity index (χ1n) is 26.1. The summed E-state index contributed by atoms with van der Waals surface area (Å²) in [7, 11) is 0. The van der Waals surface area contributed by atoms with E-state index in [1.165, 1.54) is 0 Å². The largest absolute Gasteiger partial charge is 0.491 e. The summed E-state index contributed by atoms with van der Waals surface area (Å²) >= 11 is 38.0. The summed E-state index contributed by atoms with van der Waals surface area (Å²) in [4.78, 5) is 31.5. The summed E-state index contributed by atoms with van der Waals surface area (Å²) in [5.74, 6) is 2.83. The van der Waals surface area contributed by atoms with Crippen LogP contribution in [0.1, 0.15) is 60.4 Å². The number of aromatic amines is 1. The highest BCUT2D eigenvalue weighted by atomic mass is 35.5. The molecule has 424 valence electrons. The summed E-state index contributed by atoms with van der Waals surface area (Å²) in [6.07, 6.45) is 1.68. The smallest absolute Gasteiger partial charge is 0.189 e. The molecule has 3 aliphatic rings. The minimum Gasteiger partial charge on any atom is -0.491 e. The number of benzene rings is 3. The molecule has 3 N–H and O–H groups in total. The van der Waals surface area contributed by atoms with Gasteiger partial charge in [-0.15, -0.1) is 0 Å². The Morgan fingerprint density at radius 1 is 0.558 bits per heavy atom. The molecule has 0 atom stereocenters. The molecule has 0 unspecified atom stereocenters. The molecule has 9 rings (SSSR count). The molecule has 0 radical (unpaired) electrons. The Labute approximate surface area is 484 Å². The highest BCUT2D eigenvalue weighted by molar-refractivity contribution is 6.42. The van der Waals surface area contributed by atoms with Gasteiger partial charge in [0.25, 0.3) is 0 Å². The van der Waals surface area contributed by atoms with Gasteiger partial charge in [0.1, 0.15) is 57.3 Å². The van der Waals surface area contributed by atoms with E-state index in [0.717, 1.165) is 134 Å². The molecular weight excluding hydrogens is 1110 g/mol. The number of nitrogens with zero attached hydrogens (tertiary/aromatic N) is 5. The standard InChI is InChI=1S/C19H24Cl2N2O2.C19H25ClN2O3.C15H15Cl3N2O2.C3H9N.CH4/c1-13(2)11-14-12-16(20)15-3-4-17(18(21)19(15)22-14)25-10-7-23-5-8-24-9-6-23;1-13(2)11-14-12-16(23)15-3-4-17(18(20)19(15)21-14)25-10-7-22-5-8-24-9-6-22;16-11-9-13(17)19-15-10(11)1-2-12(14(15)18)22-8-5-20-3-6-21-7-4-20;1-3(2)4;/h3-4,12-13H,5-11H2,1-2H3;3-4,12-13H,5-11H2,1-2H3,(H,21,23);1-2,9H,3-8H2;3H,4H2,1-2H3;1H4. The summed E-state index contributed by atoms with van der Waals surface area (Å²) in [6.45, 7) is 27.0. The first-order valence-corrected chi connectivity index (χ1v) is 28.3. The van der Waals surface area contributed by atoms with E-state index < -0.39 is 0 Å². The Balaban J connectivity index is 0.000000205. The number of rotatable bonds is 16. The maximum Gasteiger partial charge on any atom is 0.189 e. The second kappa shape index (κ2) is 32.7. The molecule has 0 aliphatic carbocycles. The van der Waals surface area contributed by atoms with Gasteiger partial charge in [0, 0.05) is 92.5 Å². The molecule has 6 heterocycles. The second-order valence-electron chi connectivity index (χ2n) is 19.9. The van der Waals surface area contributed by atoms with E-state index in [1.807, 2.05) is 44.2 Å². The van der Waals surface area contributed by atoms with E-state index in [9.17, 15) is 4.79 Å². The molecule has 3 saturated heterocycles. The van der Waals surface area contributed by atoms with Gasteiger partial charge in [0.05, 0.1) is 66.2 Å². The number of halogens is 6. The third kappa shape index (κ3) is 20.2. The molecule has 14 nitrogen and oxygen atoms in total. The molecule has 6 aromatic rings. The number of nitrogens with one attached hydrogen (secondary N) is 1. The van der Waals surface area contributed by atoms with Gasteiger partial charge >= 0.3 is 0 Å². The first-order chi connectivity index (χ1) is 36.5. The number of H-pyrrole nitrogens is 1. The fourth-order valence-electron chi connectivity index (χ4n) is 8.47. The SMILES string of the molecule is C.CC(C)Cc1cc(=O)c2ccc(OCCN3CCOCC3)c(Cl)c2[nH]1.CC(C)Cc1cc(Cl)c2ccc(OCCN3CCOCC3)c(Cl)c2n1.CC(C)N.Clc1cc(Cl)c2ccc(OCCN3CCOCC3)c(Cl)c2n1. The molecule has 0 amide bonds. The van der Waals surface area contributed by atoms with Crippen LogP contribution in [0.25, 0.3) is 32.7 Å². The van der Waals surface area contributed by atoms with Crippen molar-refractivity contribution < 1.29 is 28.4 Å². The molecule has 77 heavy (non-hydrogen) atoms. The highest BCUT2D eigenvalue weighted by Gasteiger charge is 2.18. The molecule has 3 aromatic heterocycles. The van der Waals surface area contributed by atoms with Crippen molar-refractivity contribution in [2.75, 3.05) is 118 Å². The predicted molar refractivity (Wildman–Crippen MR) is 320 cm³/mol. The number of hydrogen-bond acceptors (Lipinski definition) is 13. The zero-order valence-corrected chi connectivity index (χ0v) is 49.0. The van der Waals surface area contributed by atoms with Gasteiger partial charge in [-0.2, -0.15) is 0 Å². The summed E-state index contributed by atoms with van der Waals surface area (Å²) in [6, 6.07) is 16.5. The Bertz CT molecular complexity index is 2840. The average molecular weight is 1190 g/mol. The molecule has 3 aliphatic heterocycles. The molecule has 3 fully saturated rings. The average Bonchev–Trinajstić information content (AvgIpc) is 3.39. The third-order valence-electron chi connectivity index (χ3n) is 12.2. The molecule has 0 spiro atoms. The molecule has 3 aromatic carbocycles. The van der Waals surface area contributed by atoms with E-state index in [2.05, 4.69) is 52.4 Å². The minimum atomic E-state index is -0.00818. The second-order valence-corrected chi connectivity index (χ2v) is 22.2. The number of ether oxygens (including phenoxy) is 6. The van der Waals surface area contributed by atoms with Crippen LogP contribution in [0.2, 0.25) is 30.3 Å². The first kappa shape index (κ1) is 64.4. The van der Waals surface area contributed by atoms with Gasteiger partial charge in [-0.1, -0.05) is 119 Å². The van der Waals surface area contributed by atoms with E-state index in [4.69, 9.17) is 109 Å². The quantitative estimate of drug-likeness (QED) is 0.0886. The third-order valence-corrected chi connectivity index (χ3v) is 14.1. The van der Waals surface area contributed by atoms with Gasteiger partial charge < -0.3 is 39.1 Å². The Morgan fingerprint density at radius 3 is 1.38 bits per heavy atom. The van der Waals surface area contributed by atoms with Gasteiger partial charge in [-0.3, -0.25) is 24.5 Å². The van der Waals surface area contributed by atoms with Crippen molar-refractivity contribution in [3.8, 4) is 17.2 Å². The van der Waals surface area contributed by atoms with Crippen LogP contribution in [-0.2, 0) is 27.1 Å². The van der Waals surface area contributed by atoms with Crippen molar-refractivity contribution in [1.82, 2.24) is 29.7 Å². The lowest BCUT2D eigenvalue weighted by molar-refractivity contribution is 0.0322. The number of aromatic nitrogens is 3. The zero-order chi connectivity index (χ0) is 54.7. The van der Waals surface area contributed by atoms with Crippen molar-refractivity contribution in [3.05, 3.63) is 106 Å². The van der Waals surface area contributed by atoms with Crippen LogP contribution in [0.4, 0.5) is 0 Å². The molecule has 0 bridgehead atoms. The Hall–Kier alpha value is -3.45. The summed E-state index contributed by atoms with van der Waals surface area (Å²) in [5.41, 5.74) is 8.90. The van der Waals surface area contributed by atoms with Crippen LogP contribution in [0.15, 0.2) is 59.4 Å². The zero-order valence-electron chi connectivity index (χ0n) is 44.5. The van der Waals surface area contributed by atoms with Gasteiger partial charge in [0.2, 0.25) is 0 Å². The van der Waals surface area contributed by atoms with Crippen LogP contribution in [0, 0.1) is 11.8 Å². The number of hydrogen-bond donors (Lipinski definition) is 2. The number of pyridine rings is 3. The van der Waals surface area contributed by atoms with E-state index in [1.54, 1.807) is 24.3 Å². The van der Waals surface area contributed by atoms with Crippen molar-refractivity contribution in [3.63, 3.8) is 0 Å². The van der Waals surface area contributed by atoms with Gasteiger partial charge in [0.15, 0.2) is 5.43 Å². The van der Waals surface area contributed by atoms with Crippen molar-refractivity contribution in [2.45, 2.75) is 67.9 Å². The predicted octanol–water partition coefficient (Wildman–Crippen LogP) is 12.4. The van der Waals surface area contributed by atoms with Crippen molar-refractivity contribution >= 4 is 102 Å². The van der Waals surface area contributed by atoms with Crippen molar-refractivity contribution in [2.24, 2.45) is 17.6 Å². The lowest BCUT2D eigenvalue weighted by Crippen LogP contribution is -2.38. The van der Waals surface area contributed by atoms with Crippen LogP contribution < -0.4 is 25.4 Å². The number of morpholine rings is 3. The minimum absolute atomic E-state index is 0. The molecule has 20 heteroatoms. The van der Waals surface area contributed by atoms with Crippen LogP contribution in [0.5, 0.6) is 17.2 Å². The Kier molecular flexibility index (Phi) is 27.3. The van der Waals surface area contributed by atoms with Crippen LogP contribution in [0.3, 0.4) is 0 Å². The van der Waals surface area contributed by atoms with Crippen molar-refractivity contribution in [1.29, 1.82) is 0 Å². The lowest BCUT2D eigenvalue weighted by atomic mass is 10.1. The fourth-order valence-corrected chi connectivity index (χ4v) is 10.0. The van der Waals surface area contributed by atoms with Gasteiger partial charge in [-0.25, -0.2) is 4.98 Å². The van der Waals surface area contributed by atoms with E-state index in [0.29, 0.717) is 107 Å². The molecular formula is C57H77Cl6N7O7. The monoisotopic (exact) mass is 1180 g/mol. The maximum absolute atomic E-state index is 12.3.